The van der Waals surface area contributed by atoms with Gasteiger partial charge in [0.05, 0.1) is 16.1 Å². The van der Waals surface area contributed by atoms with Crippen LogP contribution < -0.4 is 0 Å². The van der Waals surface area contributed by atoms with E-state index < -0.39 is 0 Å². The van der Waals surface area contributed by atoms with Crippen molar-refractivity contribution in [1.29, 1.82) is 0 Å². The molecule has 0 atom stereocenters. The average molecular weight is 292 g/mol. The Labute approximate surface area is 106 Å². The minimum Gasteiger partial charge on any atom is -0.353 e. The average Bonchev–Trinajstić information content (AvgIpc) is 2.84. The Bertz CT molecular complexity index is 651. The number of H-pyrrole nitrogens is 1. The summed E-state index contributed by atoms with van der Waals surface area (Å²) in [5, 5.41) is 1.25. The molecular formula is C13H10BrNS. The van der Waals surface area contributed by atoms with Crippen LogP contribution in [0.2, 0.25) is 0 Å². The van der Waals surface area contributed by atoms with Crippen LogP contribution in [0.5, 0.6) is 0 Å². The van der Waals surface area contributed by atoms with E-state index >= 15 is 0 Å². The van der Waals surface area contributed by atoms with E-state index in [9.17, 15) is 0 Å². The second-order valence-corrected chi connectivity index (χ2v) is 5.94. The maximum atomic E-state index is 3.56. The summed E-state index contributed by atoms with van der Waals surface area (Å²) in [5.74, 6) is 0. The third kappa shape index (κ3) is 1.60. The predicted octanol–water partition coefficient (Wildman–Crippen LogP) is 4.97. The van der Waals surface area contributed by atoms with Crippen LogP contribution in [0.4, 0.5) is 0 Å². The first-order chi connectivity index (χ1) is 7.74. The minimum atomic E-state index is 1.12. The maximum Gasteiger partial charge on any atom is 0.0603 e. The Balaban J connectivity index is 2.22. The van der Waals surface area contributed by atoms with Crippen molar-refractivity contribution in [1.82, 2.24) is 4.98 Å². The van der Waals surface area contributed by atoms with Crippen molar-refractivity contribution < 1.29 is 0 Å². The van der Waals surface area contributed by atoms with Gasteiger partial charge in [-0.1, -0.05) is 12.1 Å². The smallest absolute Gasteiger partial charge is 0.0603 e. The predicted molar refractivity (Wildman–Crippen MR) is 74.0 cm³/mol. The Morgan fingerprint density at radius 1 is 1.19 bits per heavy atom. The van der Waals surface area contributed by atoms with Gasteiger partial charge in [-0.2, -0.15) is 0 Å². The quantitative estimate of drug-likeness (QED) is 0.652. The Morgan fingerprint density at radius 2 is 2.06 bits per heavy atom. The number of hydrogen-bond donors (Lipinski definition) is 1. The van der Waals surface area contributed by atoms with E-state index in [1.54, 1.807) is 0 Å². The molecule has 0 aliphatic rings. The monoisotopic (exact) mass is 291 g/mol. The molecule has 2 heterocycles. The van der Waals surface area contributed by atoms with Crippen molar-refractivity contribution in [2.75, 3.05) is 0 Å². The zero-order valence-electron chi connectivity index (χ0n) is 8.75. The van der Waals surface area contributed by atoms with Crippen LogP contribution in [0.1, 0.15) is 4.88 Å². The number of hydrogen-bond acceptors (Lipinski definition) is 1. The lowest BCUT2D eigenvalue weighted by molar-refractivity contribution is 1.47. The number of aryl methyl sites for hydroxylation is 1. The fraction of sp³-hybridized carbons (Fsp3) is 0.0769. The molecule has 0 fully saturated rings. The molecule has 0 amide bonds. The molecule has 3 heteroatoms. The van der Waals surface area contributed by atoms with E-state index in [1.165, 1.54) is 26.4 Å². The molecule has 0 saturated heterocycles. The molecule has 16 heavy (non-hydrogen) atoms. The molecule has 0 saturated carbocycles. The number of para-hydroxylation sites is 1. The van der Waals surface area contributed by atoms with Crippen molar-refractivity contribution in [2.24, 2.45) is 0 Å². The summed E-state index contributed by atoms with van der Waals surface area (Å²) in [6.45, 7) is 2.13. The van der Waals surface area contributed by atoms with Gasteiger partial charge in [0.2, 0.25) is 0 Å². The van der Waals surface area contributed by atoms with Crippen LogP contribution in [0, 0.1) is 6.92 Å². The summed E-state index contributed by atoms with van der Waals surface area (Å²) >= 11 is 5.38. The maximum absolute atomic E-state index is 3.56. The highest BCUT2D eigenvalue weighted by molar-refractivity contribution is 9.10. The molecule has 1 nitrogen and oxygen atoms in total. The third-order valence-corrected chi connectivity index (χ3v) is 4.31. The molecule has 3 rings (SSSR count). The van der Waals surface area contributed by atoms with Crippen LogP contribution >= 0.6 is 27.3 Å². The van der Waals surface area contributed by atoms with E-state index in [0.29, 0.717) is 0 Å². The fourth-order valence-electron chi connectivity index (χ4n) is 1.83. The standard InChI is InChI=1S/C13H10BrNS/c1-8-5-6-12(16-8)11-7-9-3-2-4-10(14)13(9)15-11/h2-7,15H,1H3. The van der Waals surface area contributed by atoms with E-state index in [1.807, 2.05) is 11.3 Å². The largest absolute Gasteiger partial charge is 0.353 e. The molecule has 0 aliphatic carbocycles. The van der Waals surface area contributed by atoms with Gasteiger partial charge < -0.3 is 4.98 Å². The van der Waals surface area contributed by atoms with E-state index in [2.05, 4.69) is 64.2 Å². The molecule has 0 radical (unpaired) electrons. The molecule has 0 aliphatic heterocycles. The van der Waals surface area contributed by atoms with Crippen LogP contribution in [0.25, 0.3) is 21.5 Å². The second kappa shape index (κ2) is 3.75. The number of thiophene rings is 1. The van der Waals surface area contributed by atoms with E-state index in [4.69, 9.17) is 0 Å². The van der Waals surface area contributed by atoms with Gasteiger partial charge in [0.15, 0.2) is 0 Å². The van der Waals surface area contributed by atoms with Crippen molar-refractivity contribution in [2.45, 2.75) is 6.92 Å². The van der Waals surface area contributed by atoms with Gasteiger partial charge in [-0.3, -0.25) is 0 Å². The Hall–Kier alpha value is -1.06. The van der Waals surface area contributed by atoms with Crippen LogP contribution in [-0.4, -0.2) is 4.98 Å². The second-order valence-electron chi connectivity index (χ2n) is 3.80. The molecule has 1 N–H and O–H groups in total. The number of rotatable bonds is 1. The number of aromatic amines is 1. The number of aromatic nitrogens is 1. The zero-order chi connectivity index (χ0) is 11.1. The summed E-state index contributed by atoms with van der Waals surface area (Å²) < 4.78 is 1.12. The number of fused-ring (bicyclic) bond motifs is 1. The highest BCUT2D eigenvalue weighted by Gasteiger charge is 2.06. The van der Waals surface area contributed by atoms with Crippen LogP contribution in [0.3, 0.4) is 0 Å². The lowest BCUT2D eigenvalue weighted by Gasteiger charge is -1.92. The summed E-state index contributed by atoms with van der Waals surface area (Å²) in [4.78, 5) is 6.09. The van der Waals surface area contributed by atoms with Gasteiger partial charge in [-0.25, -0.2) is 0 Å². The minimum absolute atomic E-state index is 1.12. The van der Waals surface area contributed by atoms with Gasteiger partial charge in [0.25, 0.3) is 0 Å². The third-order valence-electron chi connectivity index (χ3n) is 2.61. The summed E-state index contributed by atoms with van der Waals surface area (Å²) in [6.07, 6.45) is 0. The normalized spacial score (nSPS) is 11.1. The number of halogens is 1. The topological polar surface area (TPSA) is 15.8 Å². The highest BCUT2D eigenvalue weighted by atomic mass is 79.9. The van der Waals surface area contributed by atoms with Crippen molar-refractivity contribution in [3.63, 3.8) is 0 Å². The first-order valence-corrected chi connectivity index (χ1v) is 6.69. The first-order valence-electron chi connectivity index (χ1n) is 5.08. The lowest BCUT2D eigenvalue weighted by Crippen LogP contribution is -1.71. The summed E-state index contributed by atoms with van der Waals surface area (Å²) in [7, 11) is 0. The molecule has 0 spiro atoms. The van der Waals surface area contributed by atoms with Crippen molar-refractivity contribution in [3.05, 3.63) is 45.7 Å². The van der Waals surface area contributed by atoms with Crippen LogP contribution in [0.15, 0.2) is 40.9 Å². The molecule has 2 aromatic heterocycles. The van der Waals surface area contributed by atoms with Gasteiger partial charge in [-0.15, -0.1) is 11.3 Å². The SMILES string of the molecule is Cc1ccc(-c2cc3cccc(Br)c3[nH]2)s1. The van der Waals surface area contributed by atoms with Gasteiger partial charge >= 0.3 is 0 Å². The van der Waals surface area contributed by atoms with Gasteiger partial charge in [0.1, 0.15) is 0 Å². The lowest BCUT2D eigenvalue weighted by atomic mass is 10.2. The first kappa shape index (κ1) is 10.1. The number of nitrogens with one attached hydrogen (secondary N) is 1. The molecule has 3 aromatic rings. The molecular weight excluding hydrogens is 282 g/mol. The molecule has 0 bridgehead atoms. The summed E-state index contributed by atoms with van der Waals surface area (Å²) in [5.41, 5.74) is 2.36. The molecule has 80 valence electrons. The van der Waals surface area contributed by atoms with E-state index in [0.717, 1.165) is 4.47 Å². The zero-order valence-corrected chi connectivity index (χ0v) is 11.2. The Kier molecular flexibility index (Phi) is 2.37. The Morgan fingerprint density at radius 3 is 2.75 bits per heavy atom. The summed E-state index contributed by atoms with van der Waals surface area (Å²) in [6, 6.07) is 12.8. The van der Waals surface area contributed by atoms with Gasteiger partial charge in [0, 0.05) is 14.7 Å². The number of benzene rings is 1. The molecule has 0 unspecified atom stereocenters. The molecule has 1 aromatic carbocycles. The van der Waals surface area contributed by atoms with Gasteiger partial charge in [-0.05, 0) is 47.1 Å². The van der Waals surface area contributed by atoms with Crippen LogP contribution in [-0.2, 0) is 0 Å². The highest BCUT2D eigenvalue weighted by Crippen LogP contribution is 2.32. The van der Waals surface area contributed by atoms with E-state index in [-0.39, 0.29) is 0 Å². The fourth-order valence-corrected chi connectivity index (χ4v) is 3.15. The van der Waals surface area contributed by atoms with Crippen molar-refractivity contribution >= 4 is 38.2 Å². The van der Waals surface area contributed by atoms with Crippen molar-refractivity contribution in [3.8, 4) is 10.6 Å².